The maximum atomic E-state index is 12.0. The molecule has 0 fully saturated rings. The Balaban J connectivity index is 1.98. The zero-order valence-corrected chi connectivity index (χ0v) is 11.5. The normalized spacial score (nSPS) is 11.7. The number of amides is 2. The highest BCUT2D eigenvalue weighted by Gasteiger charge is 2.14. The predicted molar refractivity (Wildman–Crippen MR) is 80.2 cm³/mol. The molecule has 2 aromatic rings. The first kappa shape index (κ1) is 14.7. The summed E-state index contributed by atoms with van der Waals surface area (Å²) in [5.74, 6) is -0.769. The van der Waals surface area contributed by atoms with Crippen molar-refractivity contribution in [3.63, 3.8) is 0 Å². The summed E-state index contributed by atoms with van der Waals surface area (Å²) in [6.45, 7) is 0.292. The Morgan fingerprint density at radius 3 is 2.43 bits per heavy atom. The van der Waals surface area contributed by atoms with E-state index in [9.17, 15) is 9.59 Å². The molecule has 2 aromatic carbocycles. The van der Waals surface area contributed by atoms with E-state index < -0.39 is 11.9 Å². The van der Waals surface area contributed by atoms with Gasteiger partial charge in [0.05, 0.1) is 0 Å². The maximum Gasteiger partial charge on any atom is 0.248 e. The maximum absolute atomic E-state index is 12.0. The summed E-state index contributed by atoms with van der Waals surface area (Å²) < 4.78 is 0. The van der Waals surface area contributed by atoms with Gasteiger partial charge >= 0.3 is 0 Å². The molecule has 1 atom stereocenters. The highest BCUT2D eigenvalue weighted by Crippen LogP contribution is 2.10. The number of nitrogens with two attached hydrogens (primary N) is 2. The van der Waals surface area contributed by atoms with Gasteiger partial charge in [0, 0.05) is 12.1 Å². The van der Waals surface area contributed by atoms with E-state index in [1.807, 2.05) is 18.2 Å². The summed E-state index contributed by atoms with van der Waals surface area (Å²) in [6.07, 6.45) is 0. The van der Waals surface area contributed by atoms with E-state index >= 15 is 0 Å². The molecular weight excluding hydrogens is 266 g/mol. The van der Waals surface area contributed by atoms with Crippen molar-refractivity contribution in [3.8, 4) is 0 Å². The molecule has 5 heteroatoms. The van der Waals surface area contributed by atoms with Crippen LogP contribution in [-0.2, 0) is 11.3 Å². The molecule has 0 saturated carbocycles. The standard InChI is InChI=1S/C16H17N3O2/c17-14(12-6-2-1-3-7-12)16(21)19-10-11-5-4-8-13(9-11)15(18)20/h1-9,14H,10,17H2,(H2,18,20)(H,19,21). The monoisotopic (exact) mass is 283 g/mol. The van der Waals surface area contributed by atoms with Gasteiger partial charge in [-0.1, -0.05) is 42.5 Å². The van der Waals surface area contributed by atoms with E-state index in [1.54, 1.807) is 36.4 Å². The van der Waals surface area contributed by atoms with E-state index in [4.69, 9.17) is 11.5 Å². The van der Waals surface area contributed by atoms with E-state index in [0.29, 0.717) is 12.1 Å². The van der Waals surface area contributed by atoms with Crippen molar-refractivity contribution in [1.82, 2.24) is 5.32 Å². The van der Waals surface area contributed by atoms with Crippen LogP contribution < -0.4 is 16.8 Å². The minimum atomic E-state index is -0.717. The van der Waals surface area contributed by atoms with Crippen molar-refractivity contribution in [1.29, 1.82) is 0 Å². The first-order chi connectivity index (χ1) is 10.1. The number of nitrogens with one attached hydrogen (secondary N) is 1. The Morgan fingerprint density at radius 1 is 1.05 bits per heavy atom. The molecule has 0 aromatic heterocycles. The van der Waals surface area contributed by atoms with Crippen molar-refractivity contribution in [2.24, 2.45) is 11.5 Å². The molecule has 2 amide bonds. The highest BCUT2D eigenvalue weighted by atomic mass is 16.2. The molecule has 0 aliphatic heterocycles. The van der Waals surface area contributed by atoms with Gasteiger partial charge in [0.1, 0.15) is 6.04 Å². The molecule has 0 aliphatic carbocycles. The third kappa shape index (κ3) is 3.90. The number of hydrogen-bond acceptors (Lipinski definition) is 3. The molecule has 0 heterocycles. The van der Waals surface area contributed by atoms with Crippen molar-refractivity contribution in [2.75, 3.05) is 0 Å². The van der Waals surface area contributed by atoms with E-state index in [0.717, 1.165) is 11.1 Å². The van der Waals surface area contributed by atoms with E-state index in [2.05, 4.69) is 5.32 Å². The molecule has 1 unspecified atom stereocenters. The minimum Gasteiger partial charge on any atom is -0.366 e. The minimum absolute atomic E-state index is 0.273. The van der Waals surface area contributed by atoms with Crippen LogP contribution in [0, 0.1) is 0 Å². The van der Waals surface area contributed by atoms with Crippen LogP contribution in [0.1, 0.15) is 27.5 Å². The van der Waals surface area contributed by atoms with Crippen LogP contribution in [0.4, 0.5) is 0 Å². The predicted octanol–water partition coefficient (Wildman–Crippen LogP) is 1.10. The Labute approximate surface area is 123 Å². The van der Waals surface area contributed by atoms with Crippen molar-refractivity contribution in [3.05, 3.63) is 71.3 Å². The third-order valence-corrected chi connectivity index (χ3v) is 3.12. The number of primary amides is 1. The molecular formula is C16H17N3O2. The lowest BCUT2D eigenvalue weighted by molar-refractivity contribution is -0.122. The van der Waals surface area contributed by atoms with Crippen molar-refractivity contribution < 1.29 is 9.59 Å². The molecule has 2 rings (SSSR count). The largest absolute Gasteiger partial charge is 0.366 e. The van der Waals surface area contributed by atoms with Crippen LogP contribution in [-0.4, -0.2) is 11.8 Å². The summed E-state index contributed by atoms with van der Waals surface area (Å²) in [5.41, 5.74) is 13.1. The summed E-state index contributed by atoms with van der Waals surface area (Å²) in [7, 11) is 0. The SMILES string of the molecule is NC(=O)c1cccc(CNC(=O)C(N)c2ccccc2)c1. The lowest BCUT2D eigenvalue weighted by Gasteiger charge is -2.12. The van der Waals surface area contributed by atoms with Crippen LogP contribution in [0.25, 0.3) is 0 Å². The topological polar surface area (TPSA) is 98.2 Å². The molecule has 0 aliphatic rings. The van der Waals surface area contributed by atoms with Gasteiger partial charge in [0.25, 0.3) is 0 Å². The second-order valence-corrected chi connectivity index (χ2v) is 4.67. The molecule has 0 radical (unpaired) electrons. The summed E-state index contributed by atoms with van der Waals surface area (Å²) >= 11 is 0. The first-order valence-corrected chi connectivity index (χ1v) is 6.55. The van der Waals surface area contributed by atoms with Gasteiger partial charge < -0.3 is 16.8 Å². The summed E-state index contributed by atoms with van der Waals surface area (Å²) in [4.78, 5) is 23.1. The average Bonchev–Trinajstić information content (AvgIpc) is 2.53. The second-order valence-electron chi connectivity index (χ2n) is 4.67. The smallest absolute Gasteiger partial charge is 0.248 e. The van der Waals surface area contributed by atoms with Gasteiger partial charge in [-0.25, -0.2) is 0 Å². The number of rotatable bonds is 5. The van der Waals surface area contributed by atoms with Crippen molar-refractivity contribution in [2.45, 2.75) is 12.6 Å². The van der Waals surface area contributed by atoms with Crippen LogP contribution in [0.5, 0.6) is 0 Å². The molecule has 0 saturated heterocycles. The number of carbonyl (C=O) groups excluding carboxylic acids is 2. The number of hydrogen-bond donors (Lipinski definition) is 3. The molecule has 21 heavy (non-hydrogen) atoms. The van der Waals surface area contributed by atoms with Gasteiger partial charge in [-0.2, -0.15) is 0 Å². The lowest BCUT2D eigenvalue weighted by Crippen LogP contribution is -2.33. The van der Waals surface area contributed by atoms with Gasteiger partial charge in [-0.3, -0.25) is 9.59 Å². The Kier molecular flexibility index (Phi) is 4.68. The van der Waals surface area contributed by atoms with E-state index in [-0.39, 0.29) is 5.91 Å². The highest BCUT2D eigenvalue weighted by molar-refractivity contribution is 5.92. The van der Waals surface area contributed by atoms with Gasteiger partial charge in [0.2, 0.25) is 11.8 Å². The third-order valence-electron chi connectivity index (χ3n) is 3.12. The van der Waals surface area contributed by atoms with Crippen LogP contribution >= 0.6 is 0 Å². The van der Waals surface area contributed by atoms with Gasteiger partial charge in [-0.05, 0) is 23.3 Å². The van der Waals surface area contributed by atoms with Crippen LogP contribution in [0.15, 0.2) is 54.6 Å². The Morgan fingerprint density at radius 2 is 1.76 bits per heavy atom. The molecule has 5 N–H and O–H groups in total. The first-order valence-electron chi connectivity index (χ1n) is 6.55. The van der Waals surface area contributed by atoms with Gasteiger partial charge in [-0.15, -0.1) is 0 Å². The zero-order chi connectivity index (χ0) is 15.2. The molecule has 5 nitrogen and oxygen atoms in total. The fourth-order valence-electron chi connectivity index (χ4n) is 1.95. The molecule has 0 spiro atoms. The van der Waals surface area contributed by atoms with Crippen LogP contribution in [0.3, 0.4) is 0 Å². The van der Waals surface area contributed by atoms with Crippen molar-refractivity contribution >= 4 is 11.8 Å². The van der Waals surface area contributed by atoms with Gasteiger partial charge in [0.15, 0.2) is 0 Å². The molecule has 108 valence electrons. The summed E-state index contributed by atoms with van der Waals surface area (Å²) in [6, 6.07) is 15.2. The molecule has 0 bridgehead atoms. The fourth-order valence-corrected chi connectivity index (χ4v) is 1.95. The van der Waals surface area contributed by atoms with E-state index in [1.165, 1.54) is 0 Å². The summed E-state index contributed by atoms with van der Waals surface area (Å²) in [5, 5.41) is 2.75. The Hall–Kier alpha value is -2.66. The average molecular weight is 283 g/mol. The number of carbonyl (C=O) groups is 2. The lowest BCUT2D eigenvalue weighted by atomic mass is 10.1. The zero-order valence-electron chi connectivity index (χ0n) is 11.5. The quantitative estimate of drug-likeness (QED) is 0.766. The number of benzene rings is 2. The van der Waals surface area contributed by atoms with Crippen LogP contribution in [0.2, 0.25) is 0 Å². The fraction of sp³-hybridized carbons (Fsp3) is 0.125. The second kappa shape index (κ2) is 6.67. The Bertz CT molecular complexity index is 641.